The molecule has 0 aromatic carbocycles. The first-order valence-corrected chi connectivity index (χ1v) is 8.04. The van der Waals surface area contributed by atoms with Crippen molar-refractivity contribution < 1.29 is 9.90 Å². The summed E-state index contributed by atoms with van der Waals surface area (Å²) in [5, 5.41) is 24.6. The number of hydrogen-bond donors (Lipinski definition) is 2. The van der Waals surface area contributed by atoms with Gasteiger partial charge in [-0.2, -0.15) is 5.10 Å². The quantitative estimate of drug-likeness (QED) is 0.863. The lowest BCUT2D eigenvalue weighted by molar-refractivity contribution is 0.190. The summed E-state index contributed by atoms with van der Waals surface area (Å²) in [5.74, 6) is 1.48. The third-order valence-electron chi connectivity index (χ3n) is 4.47. The number of carbonyl (C=O) groups excluding carboxylic acids is 1. The number of anilines is 1. The van der Waals surface area contributed by atoms with Gasteiger partial charge < -0.3 is 19.9 Å². The maximum atomic E-state index is 12.5. The van der Waals surface area contributed by atoms with Crippen molar-refractivity contribution in [2.75, 3.05) is 18.4 Å². The topological polar surface area (TPSA) is 101 Å². The van der Waals surface area contributed by atoms with E-state index in [-0.39, 0.29) is 18.6 Å². The van der Waals surface area contributed by atoms with E-state index in [9.17, 15) is 9.90 Å². The van der Waals surface area contributed by atoms with Gasteiger partial charge in [0.05, 0.1) is 11.4 Å². The molecule has 9 nitrogen and oxygen atoms in total. The van der Waals surface area contributed by atoms with Crippen LogP contribution < -0.4 is 5.32 Å². The molecule has 2 aromatic rings. The molecule has 0 saturated carbocycles. The van der Waals surface area contributed by atoms with Crippen LogP contribution in [0.25, 0.3) is 0 Å². The second-order valence-corrected chi connectivity index (χ2v) is 6.21. The Bertz CT molecular complexity index is 736. The van der Waals surface area contributed by atoms with Crippen molar-refractivity contribution in [3.8, 4) is 0 Å². The lowest BCUT2D eigenvalue weighted by Crippen LogP contribution is -2.42. The van der Waals surface area contributed by atoms with E-state index < -0.39 is 0 Å². The lowest BCUT2D eigenvalue weighted by Gasteiger charge is -2.32. The van der Waals surface area contributed by atoms with Gasteiger partial charge in [0.2, 0.25) is 0 Å². The number of aliphatic hydroxyl groups excluding tert-OH is 1. The number of urea groups is 1. The lowest BCUT2D eigenvalue weighted by atomic mass is 9.97. The number of rotatable bonds is 3. The number of amides is 2. The molecule has 2 aromatic heterocycles. The van der Waals surface area contributed by atoms with Gasteiger partial charge in [-0.3, -0.25) is 4.68 Å². The third kappa shape index (κ3) is 3.12. The predicted molar refractivity (Wildman–Crippen MR) is 87.4 cm³/mol. The predicted octanol–water partition coefficient (Wildman–Crippen LogP) is 0.761. The molecule has 0 radical (unpaired) electrons. The normalized spacial score (nSPS) is 18.0. The molecule has 3 rings (SSSR count). The van der Waals surface area contributed by atoms with Crippen molar-refractivity contribution in [2.45, 2.75) is 32.3 Å². The molecule has 1 saturated heterocycles. The summed E-state index contributed by atoms with van der Waals surface area (Å²) in [4.78, 5) is 14.3. The van der Waals surface area contributed by atoms with Gasteiger partial charge in [-0.05, 0) is 19.8 Å². The Hall–Kier alpha value is -2.42. The minimum absolute atomic E-state index is 0.122. The molecule has 1 fully saturated rings. The summed E-state index contributed by atoms with van der Waals surface area (Å²) in [6, 6.07) is -0.125. The molecule has 1 aliphatic rings. The van der Waals surface area contributed by atoms with E-state index in [1.165, 1.54) is 0 Å². The van der Waals surface area contributed by atoms with Crippen LogP contribution >= 0.6 is 0 Å². The van der Waals surface area contributed by atoms with Crippen LogP contribution in [0.5, 0.6) is 0 Å². The fourth-order valence-corrected chi connectivity index (χ4v) is 3.16. The number of carbonyl (C=O) groups is 1. The number of aromatic nitrogens is 5. The van der Waals surface area contributed by atoms with Crippen LogP contribution in [0.2, 0.25) is 0 Å². The first kappa shape index (κ1) is 16.4. The molecule has 2 N–H and O–H groups in total. The maximum Gasteiger partial charge on any atom is 0.321 e. The zero-order chi connectivity index (χ0) is 17.3. The Labute approximate surface area is 140 Å². The van der Waals surface area contributed by atoms with Crippen LogP contribution in [0.4, 0.5) is 10.5 Å². The Kier molecular flexibility index (Phi) is 4.52. The molecular weight excluding hydrogens is 310 g/mol. The summed E-state index contributed by atoms with van der Waals surface area (Å²) in [7, 11) is 3.67. The Morgan fingerprint density at radius 3 is 2.83 bits per heavy atom. The number of hydrogen-bond acceptors (Lipinski definition) is 5. The van der Waals surface area contributed by atoms with Crippen molar-refractivity contribution >= 4 is 11.7 Å². The summed E-state index contributed by atoms with van der Waals surface area (Å²) in [6.07, 6.45) is 3.66. The van der Waals surface area contributed by atoms with Gasteiger partial charge in [0, 0.05) is 39.3 Å². The first-order chi connectivity index (χ1) is 11.5. The van der Waals surface area contributed by atoms with Gasteiger partial charge in [0.25, 0.3) is 0 Å². The molecule has 0 aliphatic carbocycles. The van der Waals surface area contributed by atoms with E-state index in [1.54, 1.807) is 15.8 Å². The third-order valence-corrected chi connectivity index (χ3v) is 4.47. The highest BCUT2D eigenvalue weighted by molar-refractivity contribution is 5.89. The molecule has 1 atom stereocenters. The van der Waals surface area contributed by atoms with Gasteiger partial charge in [-0.25, -0.2) is 4.79 Å². The summed E-state index contributed by atoms with van der Waals surface area (Å²) >= 11 is 0. The van der Waals surface area contributed by atoms with Crippen LogP contribution in [0.15, 0.2) is 6.20 Å². The molecule has 2 amide bonds. The molecule has 0 spiro atoms. The van der Waals surface area contributed by atoms with Gasteiger partial charge in [0.1, 0.15) is 12.4 Å². The second-order valence-electron chi connectivity index (χ2n) is 6.21. The SMILES string of the molecule is Cc1nn(C)cc1NC(=O)N1CCC[C@@H](c2nnc(CO)n2C)C1. The minimum Gasteiger partial charge on any atom is -0.388 e. The summed E-state index contributed by atoms with van der Waals surface area (Å²) in [6.45, 7) is 3.03. The van der Waals surface area contributed by atoms with Crippen molar-refractivity contribution in [3.05, 3.63) is 23.5 Å². The Morgan fingerprint density at radius 1 is 1.42 bits per heavy atom. The minimum atomic E-state index is -0.138. The van der Waals surface area contributed by atoms with Crippen molar-refractivity contribution in [1.29, 1.82) is 0 Å². The molecule has 0 unspecified atom stereocenters. The van der Waals surface area contributed by atoms with Crippen LogP contribution in [0.1, 0.15) is 36.1 Å². The number of piperidine rings is 1. The summed E-state index contributed by atoms with van der Waals surface area (Å²) < 4.78 is 3.50. The highest BCUT2D eigenvalue weighted by atomic mass is 16.3. The standard InChI is InChI=1S/C15H23N7O2/c1-10-12(8-20(2)19-10)16-15(24)22-6-4-5-11(7-22)14-18-17-13(9-23)21(14)3/h8,11,23H,4-7,9H2,1-3H3,(H,16,24)/t11-/m1/s1. The van der Waals surface area contributed by atoms with Gasteiger partial charge in [0.15, 0.2) is 5.82 Å². The zero-order valence-corrected chi connectivity index (χ0v) is 14.2. The monoisotopic (exact) mass is 333 g/mol. The number of aryl methyl sites for hydroxylation is 2. The van der Waals surface area contributed by atoms with Crippen LogP contribution in [0, 0.1) is 6.92 Å². The Balaban J connectivity index is 1.69. The van der Waals surface area contributed by atoms with Crippen LogP contribution in [-0.4, -0.2) is 53.7 Å². The number of nitrogens with one attached hydrogen (secondary N) is 1. The fourth-order valence-electron chi connectivity index (χ4n) is 3.16. The van der Waals surface area contributed by atoms with Crippen LogP contribution in [-0.2, 0) is 20.7 Å². The van der Waals surface area contributed by atoms with Gasteiger partial charge in [-0.1, -0.05) is 0 Å². The smallest absolute Gasteiger partial charge is 0.321 e. The molecule has 130 valence electrons. The molecule has 24 heavy (non-hydrogen) atoms. The van der Waals surface area contributed by atoms with Crippen molar-refractivity contribution in [3.63, 3.8) is 0 Å². The van der Waals surface area contributed by atoms with E-state index in [1.807, 2.05) is 25.6 Å². The van der Waals surface area contributed by atoms with E-state index in [0.29, 0.717) is 18.9 Å². The van der Waals surface area contributed by atoms with Crippen LogP contribution in [0.3, 0.4) is 0 Å². The zero-order valence-electron chi connectivity index (χ0n) is 14.2. The average molecular weight is 333 g/mol. The van der Waals surface area contributed by atoms with E-state index >= 15 is 0 Å². The molecule has 1 aliphatic heterocycles. The van der Waals surface area contributed by atoms with Gasteiger partial charge in [-0.15, -0.1) is 10.2 Å². The number of likely N-dealkylation sites (tertiary alicyclic amines) is 1. The van der Waals surface area contributed by atoms with Gasteiger partial charge >= 0.3 is 6.03 Å². The maximum absolute atomic E-state index is 12.5. The number of aliphatic hydroxyl groups is 1. The first-order valence-electron chi connectivity index (χ1n) is 8.04. The van der Waals surface area contributed by atoms with E-state index in [0.717, 1.165) is 30.0 Å². The summed E-state index contributed by atoms with van der Waals surface area (Å²) in [5.41, 5.74) is 1.52. The van der Waals surface area contributed by atoms with Crippen molar-refractivity contribution in [2.24, 2.45) is 14.1 Å². The fraction of sp³-hybridized carbons (Fsp3) is 0.600. The average Bonchev–Trinajstić information content (AvgIpc) is 3.09. The highest BCUT2D eigenvalue weighted by Crippen LogP contribution is 2.26. The molecule has 3 heterocycles. The van der Waals surface area contributed by atoms with E-state index in [2.05, 4.69) is 20.6 Å². The second kappa shape index (κ2) is 6.60. The molecule has 9 heteroatoms. The largest absolute Gasteiger partial charge is 0.388 e. The van der Waals surface area contributed by atoms with Crippen molar-refractivity contribution in [1.82, 2.24) is 29.4 Å². The molecular formula is C15H23N7O2. The highest BCUT2D eigenvalue weighted by Gasteiger charge is 2.28. The molecule has 0 bridgehead atoms. The number of nitrogens with zero attached hydrogens (tertiary/aromatic N) is 6. The van der Waals surface area contributed by atoms with E-state index in [4.69, 9.17) is 0 Å². The Morgan fingerprint density at radius 2 is 2.21 bits per heavy atom.